The van der Waals surface area contributed by atoms with Gasteiger partial charge in [-0.3, -0.25) is 4.79 Å². The molecule has 1 aromatic carbocycles. The first-order valence-corrected chi connectivity index (χ1v) is 11.6. The highest BCUT2D eigenvalue weighted by Gasteiger charge is 2.41. The first kappa shape index (κ1) is 19.9. The van der Waals surface area contributed by atoms with E-state index in [1.807, 2.05) is 0 Å². The van der Waals surface area contributed by atoms with Crippen molar-refractivity contribution in [1.29, 1.82) is 0 Å². The van der Waals surface area contributed by atoms with Crippen LogP contribution in [0.2, 0.25) is 0 Å². The fourth-order valence-electron chi connectivity index (χ4n) is 3.55. The van der Waals surface area contributed by atoms with Crippen molar-refractivity contribution in [2.75, 3.05) is 12.4 Å². The van der Waals surface area contributed by atoms with Gasteiger partial charge in [0.1, 0.15) is 5.75 Å². The van der Waals surface area contributed by atoms with Gasteiger partial charge in [0.05, 0.1) is 22.1 Å². The number of rotatable bonds is 6. The van der Waals surface area contributed by atoms with Gasteiger partial charge >= 0.3 is 5.97 Å². The summed E-state index contributed by atoms with van der Waals surface area (Å²) in [6.07, 6.45) is 3.98. The van der Waals surface area contributed by atoms with Gasteiger partial charge in [-0.15, -0.1) is 11.8 Å². The van der Waals surface area contributed by atoms with E-state index < -0.39 is 27.5 Å². The Kier molecular flexibility index (Phi) is 6.26. The molecule has 1 amide bonds. The molecular weight excluding hydrogens is 386 g/mol. The average molecular weight is 410 g/mol. The van der Waals surface area contributed by atoms with Gasteiger partial charge in [0, 0.05) is 11.2 Å². The van der Waals surface area contributed by atoms with E-state index in [9.17, 15) is 18.0 Å². The van der Waals surface area contributed by atoms with Gasteiger partial charge in [0.15, 0.2) is 9.84 Å². The van der Waals surface area contributed by atoms with Gasteiger partial charge in [-0.2, -0.15) is 0 Å². The fourth-order valence-corrected chi connectivity index (χ4v) is 6.26. The summed E-state index contributed by atoms with van der Waals surface area (Å²) in [6, 6.07) is 7.87. The van der Waals surface area contributed by atoms with E-state index in [2.05, 4.69) is 5.32 Å². The molecule has 0 aromatic heterocycles. The smallest absolute Gasteiger partial charge is 0.336 e. The van der Waals surface area contributed by atoms with Crippen LogP contribution in [0.3, 0.4) is 0 Å². The molecule has 6 nitrogen and oxygen atoms in total. The molecule has 1 aliphatic heterocycles. The van der Waals surface area contributed by atoms with E-state index in [4.69, 9.17) is 4.74 Å². The molecule has 0 radical (unpaired) electrons. The Bertz CT molecular complexity index is 848. The lowest BCUT2D eigenvalue weighted by Crippen LogP contribution is -2.30. The Labute approximate surface area is 163 Å². The molecule has 1 N–H and O–H groups in total. The van der Waals surface area contributed by atoms with Crippen molar-refractivity contribution in [3.8, 4) is 0 Å². The van der Waals surface area contributed by atoms with Crippen LogP contribution in [0.1, 0.15) is 32.6 Å². The first-order chi connectivity index (χ1) is 12.9. The number of amides is 1. The second-order valence-corrected chi connectivity index (χ2v) is 9.87. The number of esters is 1. The molecule has 3 rings (SSSR count). The zero-order valence-electron chi connectivity index (χ0n) is 15.1. The van der Waals surface area contributed by atoms with Crippen LogP contribution in [0.15, 0.2) is 45.8 Å². The predicted molar refractivity (Wildman–Crippen MR) is 104 cm³/mol. The number of hydrogen-bond acceptors (Lipinski definition) is 6. The normalized spacial score (nSPS) is 22.3. The van der Waals surface area contributed by atoms with Crippen molar-refractivity contribution >= 4 is 33.5 Å². The Hall–Kier alpha value is -1.80. The molecule has 1 aromatic rings. The van der Waals surface area contributed by atoms with E-state index in [1.165, 1.54) is 23.9 Å². The fraction of sp³-hybridized carbons (Fsp3) is 0.474. The summed E-state index contributed by atoms with van der Waals surface area (Å²) in [4.78, 5) is 25.0. The van der Waals surface area contributed by atoms with Crippen LogP contribution in [-0.2, 0) is 24.2 Å². The molecule has 0 bridgehead atoms. The maximum absolute atomic E-state index is 12.4. The molecule has 0 spiro atoms. The Morgan fingerprint density at radius 1 is 1.19 bits per heavy atom. The standard InChI is InChI=1S/C19H23NO5S2/c1-2-25-19(22)17-14-10-6-7-11-15(14)26-18(17)20-16(21)12-27(23,24)13-8-4-3-5-9-13/h3-5,8-9,14-15H,2,6-7,10-12H2,1H3,(H,20,21)/t14-,15-/m1/s1. The number of benzene rings is 1. The van der Waals surface area contributed by atoms with Crippen molar-refractivity contribution in [1.82, 2.24) is 5.32 Å². The molecule has 1 aliphatic carbocycles. The zero-order chi connectivity index (χ0) is 19.4. The summed E-state index contributed by atoms with van der Waals surface area (Å²) >= 11 is 1.46. The molecule has 8 heteroatoms. The largest absolute Gasteiger partial charge is 0.463 e. The highest BCUT2D eigenvalue weighted by atomic mass is 32.2. The lowest BCUT2D eigenvalue weighted by Gasteiger charge is -2.25. The monoisotopic (exact) mass is 409 g/mol. The van der Waals surface area contributed by atoms with Gasteiger partial charge in [-0.25, -0.2) is 13.2 Å². The highest BCUT2D eigenvalue weighted by Crippen LogP contribution is 2.48. The van der Waals surface area contributed by atoms with Crippen LogP contribution in [-0.4, -0.2) is 37.9 Å². The number of ether oxygens (including phenoxy) is 1. The minimum atomic E-state index is -3.74. The Balaban J connectivity index is 1.78. The molecule has 1 fully saturated rings. The number of thioether (sulfide) groups is 1. The molecule has 2 atom stereocenters. The van der Waals surface area contributed by atoms with Gasteiger partial charge in [0.25, 0.3) is 0 Å². The summed E-state index contributed by atoms with van der Waals surface area (Å²) in [5.74, 6) is -1.65. The van der Waals surface area contributed by atoms with Crippen molar-refractivity contribution in [3.63, 3.8) is 0 Å². The summed E-state index contributed by atoms with van der Waals surface area (Å²) in [6.45, 7) is 2.00. The van der Waals surface area contributed by atoms with Crippen molar-refractivity contribution in [2.24, 2.45) is 5.92 Å². The van der Waals surface area contributed by atoms with Gasteiger partial charge in [-0.05, 0) is 31.9 Å². The summed E-state index contributed by atoms with van der Waals surface area (Å²) < 4.78 is 30.0. The molecular formula is C19H23NO5S2. The van der Waals surface area contributed by atoms with Crippen LogP contribution < -0.4 is 5.32 Å². The SMILES string of the molecule is CCOC(=O)C1=C(NC(=O)CS(=O)(=O)c2ccccc2)S[C@@H]2CCCC[C@@H]12. The second kappa shape index (κ2) is 8.48. The maximum atomic E-state index is 12.4. The first-order valence-electron chi connectivity index (χ1n) is 9.08. The summed E-state index contributed by atoms with van der Waals surface area (Å²) in [5.41, 5.74) is 0.497. The number of hydrogen-bond donors (Lipinski definition) is 1. The molecule has 1 heterocycles. The molecule has 27 heavy (non-hydrogen) atoms. The number of carbonyl (C=O) groups excluding carboxylic acids is 2. The van der Waals surface area contributed by atoms with Crippen molar-refractivity contribution in [3.05, 3.63) is 40.9 Å². The Morgan fingerprint density at radius 2 is 1.89 bits per heavy atom. The minimum Gasteiger partial charge on any atom is -0.463 e. The van der Waals surface area contributed by atoms with Crippen molar-refractivity contribution in [2.45, 2.75) is 42.8 Å². The third-order valence-corrected chi connectivity index (χ3v) is 7.82. The molecule has 0 unspecified atom stereocenters. The minimum absolute atomic E-state index is 0.0591. The lowest BCUT2D eigenvalue weighted by atomic mass is 9.84. The molecule has 2 aliphatic rings. The van der Waals surface area contributed by atoms with Gasteiger partial charge < -0.3 is 10.1 Å². The summed E-state index contributed by atoms with van der Waals surface area (Å²) in [7, 11) is -3.74. The van der Waals surface area contributed by atoms with Crippen LogP contribution in [0.25, 0.3) is 0 Å². The van der Waals surface area contributed by atoms with E-state index in [0.29, 0.717) is 10.6 Å². The number of nitrogens with one attached hydrogen (secondary N) is 1. The van der Waals surface area contributed by atoms with Crippen LogP contribution in [0, 0.1) is 5.92 Å². The molecule has 1 saturated carbocycles. The third-order valence-electron chi connectivity index (χ3n) is 4.76. The van der Waals surface area contributed by atoms with Gasteiger partial charge in [-0.1, -0.05) is 31.0 Å². The van der Waals surface area contributed by atoms with E-state index >= 15 is 0 Å². The quantitative estimate of drug-likeness (QED) is 0.727. The Morgan fingerprint density at radius 3 is 2.59 bits per heavy atom. The number of fused-ring (bicyclic) bond motifs is 1. The topological polar surface area (TPSA) is 89.5 Å². The van der Waals surface area contributed by atoms with Crippen LogP contribution >= 0.6 is 11.8 Å². The van der Waals surface area contributed by atoms with Crippen molar-refractivity contribution < 1.29 is 22.7 Å². The van der Waals surface area contributed by atoms with E-state index in [-0.39, 0.29) is 22.7 Å². The van der Waals surface area contributed by atoms with Crippen LogP contribution in [0.5, 0.6) is 0 Å². The lowest BCUT2D eigenvalue weighted by molar-refractivity contribution is -0.139. The second-order valence-electron chi connectivity index (χ2n) is 6.63. The number of carbonyl (C=O) groups is 2. The third kappa shape index (κ3) is 4.55. The average Bonchev–Trinajstić information content (AvgIpc) is 2.99. The zero-order valence-corrected chi connectivity index (χ0v) is 16.8. The summed E-state index contributed by atoms with van der Waals surface area (Å²) in [5, 5.41) is 3.37. The van der Waals surface area contributed by atoms with E-state index in [1.54, 1.807) is 25.1 Å². The predicted octanol–water partition coefficient (Wildman–Crippen LogP) is 2.66. The van der Waals surface area contributed by atoms with Crippen LogP contribution in [0.4, 0.5) is 0 Å². The van der Waals surface area contributed by atoms with E-state index in [0.717, 1.165) is 25.7 Å². The maximum Gasteiger partial charge on any atom is 0.336 e. The molecule has 146 valence electrons. The van der Waals surface area contributed by atoms with Gasteiger partial charge in [0.2, 0.25) is 5.91 Å². The number of sulfone groups is 1. The highest BCUT2D eigenvalue weighted by molar-refractivity contribution is 8.04. The molecule has 0 saturated heterocycles.